The van der Waals surface area contributed by atoms with Crippen LogP contribution in [0.4, 0.5) is 5.69 Å². The smallest absolute Gasteiger partial charge is 0.0396 e. The number of nitrogens with one attached hydrogen (secondary N) is 1. The standard InChI is InChI=1S/C14H22N2/c1-11-6-4-5-7-14(11)16-9-8-13(15-3)12(2)10-16/h4-7,12-13,15H,8-10H2,1-3H3. The summed E-state index contributed by atoms with van der Waals surface area (Å²) in [4.78, 5) is 2.52. The minimum Gasteiger partial charge on any atom is -0.371 e. The molecule has 0 aliphatic carbocycles. The molecule has 1 heterocycles. The molecule has 1 aromatic rings. The van der Waals surface area contributed by atoms with Crippen molar-refractivity contribution in [1.29, 1.82) is 0 Å². The van der Waals surface area contributed by atoms with Gasteiger partial charge in [-0.15, -0.1) is 0 Å². The summed E-state index contributed by atoms with van der Waals surface area (Å²) in [7, 11) is 2.07. The number of aryl methyl sites for hydroxylation is 1. The number of nitrogens with zero attached hydrogens (tertiary/aromatic N) is 1. The number of para-hydroxylation sites is 1. The average Bonchev–Trinajstić information content (AvgIpc) is 2.29. The van der Waals surface area contributed by atoms with E-state index in [0.29, 0.717) is 6.04 Å². The molecule has 1 aromatic carbocycles. The Morgan fingerprint density at radius 1 is 1.31 bits per heavy atom. The zero-order valence-corrected chi connectivity index (χ0v) is 10.5. The van der Waals surface area contributed by atoms with Gasteiger partial charge in [-0.05, 0) is 37.9 Å². The minimum atomic E-state index is 0.681. The highest BCUT2D eigenvalue weighted by molar-refractivity contribution is 5.53. The molecule has 0 bridgehead atoms. The van der Waals surface area contributed by atoms with E-state index in [4.69, 9.17) is 0 Å². The van der Waals surface area contributed by atoms with Crippen LogP contribution in [0.25, 0.3) is 0 Å². The molecule has 1 aliphatic heterocycles. The summed E-state index contributed by atoms with van der Waals surface area (Å²) in [5.41, 5.74) is 2.79. The van der Waals surface area contributed by atoms with E-state index in [-0.39, 0.29) is 0 Å². The van der Waals surface area contributed by atoms with E-state index >= 15 is 0 Å². The predicted molar refractivity (Wildman–Crippen MR) is 70.0 cm³/mol. The van der Waals surface area contributed by atoms with Gasteiger partial charge >= 0.3 is 0 Å². The first-order chi connectivity index (χ1) is 7.72. The van der Waals surface area contributed by atoms with Crippen LogP contribution >= 0.6 is 0 Å². The monoisotopic (exact) mass is 218 g/mol. The van der Waals surface area contributed by atoms with E-state index in [9.17, 15) is 0 Å². The van der Waals surface area contributed by atoms with Crippen molar-refractivity contribution in [2.24, 2.45) is 5.92 Å². The number of anilines is 1. The summed E-state index contributed by atoms with van der Waals surface area (Å²) >= 11 is 0. The molecule has 0 amide bonds. The van der Waals surface area contributed by atoms with E-state index in [1.165, 1.54) is 24.2 Å². The summed E-state index contributed by atoms with van der Waals surface area (Å²) in [6, 6.07) is 9.37. The molecule has 1 fully saturated rings. The first-order valence-electron chi connectivity index (χ1n) is 6.20. The van der Waals surface area contributed by atoms with Gasteiger partial charge in [0.05, 0.1) is 0 Å². The summed E-state index contributed by atoms with van der Waals surface area (Å²) in [5, 5.41) is 3.41. The molecule has 88 valence electrons. The van der Waals surface area contributed by atoms with Crippen LogP contribution in [-0.2, 0) is 0 Å². The van der Waals surface area contributed by atoms with Gasteiger partial charge < -0.3 is 10.2 Å². The Hall–Kier alpha value is -1.02. The highest BCUT2D eigenvalue weighted by Gasteiger charge is 2.25. The largest absolute Gasteiger partial charge is 0.371 e. The van der Waals surface area contributed by atoms with Gasteiger partial charge in [0.1, 0.15) is 0 Å². The molecule has 2 rings (SSSR count). The number of hydrogen-bond donors (Lipinski definition) is 1. The maximum Gasteiger partial charge on any atom is 0.0396 e. The number of benzene rings is 1. The van der Waals surface area contributed by atoms with Crippen LogP contribution in [-0.4, -0.2) is 26.2 Å². The normalized spacial score (nSPS) is 25.8. The second-order valence-electron chi connectivity index (χ2n) is 4.89. The fourth-order valence-electron chi connectivity index (χ4n) is 2.71. The maximum absolute atomic E-state index is 3.41. The molecule has 2 atom stereocenters. The number of hydrogen-bond acceptors (Lipinski definition) is 2. The van der Waals surface area contributed by atoms with Gasteiger partial charge in [0.15, 0.2) is 0 Å². The lowest BCUT2D eigenvalue weighted by molar-refractivity contribution is 0.338. The van der Waals surface area contributed by atoms with Crippen LogP contribution in [0.2, 0.25) is 0 Å². The lowest BCUT2D eigenvalue weighted by Gasteiger charge is -2.38. The lowest BCUT2D eigenvalue weighted by Crippen LogP contribution is -2.47. The van der Waals surface area contributed by atoms with Crippen molar-refractivity contribution in [2.45, 2.75) is 26.3 Å². The Kier molecular flexibility index (Phi) is 3.49. The summed E-state index contributed by atoms with van der Waals surface area (Å²) in [5.74, 6) is 0.721. The third-order valence-electron chi connectivity index (χ3n) is 3.73. The van der Waals surface area contributed by atoms with Crippen LogP contribution in [0.1, 0.15) is 18.9 Å². The molecular weight excluding hydrogens is 196 g/mol. The first-order valence-corrected chi connectivity index (χ1v) is 6.20. The highest BCUT2D eigenvalue weighted by atomic mass is 15.2. The first kappa shape index (κ1) is 11.5. The fourth-order valence-corrected chi connectivity index (χ4v) is 2.71. The van der Waals surface area contributed by atoms with Gasteiger partial charge in [0.25, 0.3) is 0 Å². The van der Waals surface area contributed by atoms with Crippen molar-refractivity contribution in [2.75, 3.05) is 25.0 Å². The fraction of sp³-hybridized carbons (Fsp3) is 0.571. The second-order valence-corrected chi connectivity index (χ2v) is 4.89. The summed E-state index contributed by atoms with van der Waals surface area (Å²) in [6.07, 6.45) is 1.24. The Morgan fingerprint density at radius 3 is 2.69 bits per heavy atom. The van der Waals surface area contributed by atoms with Crippen molar-refractivity contribution < 1.29 is 0 Å². The van der Waals surface area contributed by atoms with Crippen molar-refractivity contribution in [1.82, 2.24) is 5.32 Å². The van der Waals surface area contributed by atoms with E-state index in [2.05, 4.69) is 55.4 Å². The number of piperidine rings is 1. The average molecular weight is 218 g/mol. The molecule has 1 aliphatic rings. The van der Waals surface area contributed by atoms with Crippen LogP contribution in [0.3, 0.4) is 0 Å². The van der Waals surface area contributed by atoms with Gasteiger partial charge in [0, 0.05) is 24.8 Å². The van der Waals surface area contributed by atoms with Crippen LogP contribution in [0.15, 0.2) is 24.3 Å². The van der Waals surface area contributed by atoms with Crippen molar-refractivity contribution in [3.63, 3.8) is 0 Å². The van der Waals surface area contributed by atoms with E-state index in [0.717, 1.165) is 12.5 Å². The highest BCUT2D eigenvalue weighted by Crippen LogP contribution is 2.25. The molecule has 16 heavy (non-hydrogen) atoms. The van der Waals surface area contributed by atoms with Gasteiger partial charge in [-0.2, -0.15) is 0 Å². The predicted octanol–water partition coefficient (Wildman–Crippen LogP) is 2.43. The molecule has 0 spiro atoms. The van der Waals surface area contributed by atoms with Gasteiger partial charge in [-0.3, -0.25) is 0 Å². The Balaban J connectivity index is 2.11. The topological polar surface area (TPSA) is 15.3 Å². The SMILES string of the molecule is CNC1CCN(c2ccccc2C)CC1C. The van der Waals surface area contributed by atoms with E-state index < -0.39 is 0 Å². The second kappa shape index (κ2) is 4.88. The molecule has 1 N–H and O–H groups in total. The van der Waals surface area contributed by atoms with Crippen LogP contribution in [0, 0.1) is 12.8 Å². The number of rotatable bonds is 2. The quantitative estimate of drug-likeness (QED) is 0.820. The summed E-state index contributed by atoms with van der Waals surface area (Å²) < 4.78 is 0. The third kappa shape index (κ3) is 2.22. The van der Waals surface area contributed by atoms with Crippen LogP contribution in [0.5, 0.6) is 0 Å². The third-order valence-corrected chi connectivity index (χ3v) is 3.73. The van der Waals surface area contributed by atoms with Gasteiger partial charge in [-0.1, -0.05) is 25.1 Å². The minimum absolute atomic E-state index is 0.681. The Labute approximate surface area is 98.7 Å². The molecule has 1 saturated heterocycles. The molecule has 0 saturated carbocycles. The molecule has 2 nitrogen and oxygen atoms in total. The Morgan fingerprint density at radius 2 is 2.06 bits per heavy atom. The van der Waals surface area contributed by atoms with Gasteiger partial charge in [0.2, 0.25) is 0 Å². The summed E-state index contributed by atoms with van der Waals surface area (Å²) in [6.45, 7) is 6.87. The van der Waals surface area contributed by atoms with Crippen molar-refractivity contribution in [3.8, 4) is 0 Å². The van der Waals surface area contributed by atoms with Gasteiger partial charge in [-0.25, -0.2) is 0 Å². The lowest BCUT2D eigenvalue weighted by atomic mass is 9.93. The van der Waals surface area contributed by atoms with E-state index in [1.54, 1.807) is 0 Å². The van der Waals surface area contributed by atoms with Crippen molar-refractivity contribution in [3.05, 3.63) is 29.8 Å². The molecule has 0 radical (unpaired) electrons. The van der Waals surface area contributed by atoms with E-state index in [1.807, 2.05) is 0 Å². The van der Waals surface area contributed by atoms with Crippen LogP contribution < -0.4 is 10.2 Å². The Bertz CT molecular complexity index is 348. The zero-order valence-electron chi connectivity index (χ0n) is 10.5. The van der Waals surface area contributed by atoms with Crippen molar-refractivity contribution >= 4 is 5.69 Å². The molecule has 2 heteroatoms. The molecule has 2 unspecified atom stereocenters. The zero-order chi connectivity index (χ0) is 11.5. The maximum atomic E-state index is 3.41. The molecule has 0 aromatic heterocycles. The molecular formula is C14H22N2.